The monoisotopic (exact) mass is 200 g/mol. The number of carbonyl (C=O) groups is 1. The molecular weight excluding hydrogens is 180 g/mol. The van der Waals surface area contributed by atoms with Crippen LogP contribution in [-0.4, -0.2) is 23.8 Å². The first-order chi connectivity index (χ1) is 6.47. The fraction of sp³-hybridized carbons (Fsp3) is 0.727. The Morgan fingerprint density at radius 1 is 1.43 bits per heavy atom. The summed E-state index contributed by atoms with van der Waals surface area (Å²) in [6.45, 7) is 9.07. The van der Waals surface area contributed by atoms with E-state index in [1.807, 2.05) is 13.8 Å². The molecule has 0 rings (SSSR count). The van der Waals surface area contributed by atoms with Crippen molar-refractivity contribution in [3.63, 3.8) is 0 Å². The highest BCUT2D eigenvalue weighted by atomic mass is 16.5. The molecule has 14 heavy (non-hydrogen) atoms. The first kappa shape index (κ1) is 13.2. The summed E-state index contributed by atoms with van der Waals surface area (Å²) in [4.78, 5) is 10.6. The van der Waals surface area contributed by atoms with Crippen LogP contribution in [0.5, 0.6) is 0 Å². The van der Waals surface area contributed by atoms with Gasteiger partial charge in [0, 0.05) is 19.4 Å². The van der Waals surface area contributed by atoms with Crippen LogP contribution in [-0.2, 0) is 9.53 Å². The third kappa shape index (κ3) is 5.75. The number of hydrogen-bond acceptors (Lipinski definition) is 3. The lowest BCUT2D eigenvalue weighted by molar-refractivity contribution is -0.145. The van der Waals surface area contributed by atoms with Gasteiger partial charge >= 0.3 is 5.97 Å². The van der Waals surface area contributed by atoms with E-state index in [0.717, 1.165) is 18.4 Å². The lowest BCUT2D eigenvalue weighted by Crippen LogP contribution is -2.15. The minimum absolute atomic E-state index is 0.0825. The highest BCUT2D eigenvalue weighted by molar-refractivity contribution is 5.66. The number of aliphatic hydroxyl groups excluding tert-OH is 1. The average molecular weight is 200 g/mol. The molecule has 0 aromatic rings. The lowest BCUT2D eigenvalue weighted by Gasteiger charge is -2.17. The van der Waals surface area contributed by atoms with Gasteiger partial charge in [0.2, 0.25) is 0 Å². The first-order valence-electron chi connectivity index (χ1n) is 4.90. The van der Waals surface area contributed by atoms with Gasteiger partial charge in [-0.2, -0.15) is 0 Å². The van der Waals surface area contributed by atoms with E-state index in [0.29, 0.717) is 0 Å². The van der Waals surface area contributed by atoms with Crippen LogP contribution < -0.4 is 0 Å². The van der Waals surface area contributed by atoms with Crippen LogP contribution in [0.2, 0.25) is 0 Å². The average Bonchev–Trinajstić information content (AvgIpc) is 2.03. The van der Waals surface area contributed by atoms with Gasteiger partial charge in [0.15, 0.2) is 0 Å². The van der Waals surface area contributed by atoms with Crippen molar-refractivity contribution in [2.45, 2.75) is 39.7 Å². The molecule has 1 N–H and O–H groups in total. The Kier molecular flexibility index (Phi) is 6.21. The minimum atomic E-state index is -0.256. The fourth-order valence-corrected chi connectivity index (χ4v) is 1.27. The van der Waals surface area contributed by atoms with Gasteiger partial charge in [-0.1, -0.05) is 12.2 Å². The molecule has 0 radical (unpaired) electrons. The predicted octanol–water partition coefficient (Wildman–Crippen LogP) is 1.90. The van der Waals surface area contributed by atoms with Gasteiger partial charge in [0.1, 0.15) is 0 Å². The molecule has 0 aliphatic rings. The SMILES string of the molecule is C=C(C)C(CO)CCC(C)OC(C)=O. The Balaban J connectivity index is 3.79. The maximum atomic E-state index is 10.6. The summed E-state index contributed by atoms with van der Waals surface area (Å²) < 4.78 is 4.97. The zero-order chi connectivity index (χ0) is 11.1. The van der Waals surface area contributed by atoms with E-state index < -0.39 is 0 Å². The summed E-state index contributed by atoms with van der Waals surface area (Å²) in [6.07, 6.45) is 1.48. The van der Waals surface area contributed by atoms with Crippen molar-refractivity contribution in [3.8, 4) is 0 Å². The van der Waals surface area contributed by atoms with Gasteiger partial charge in [0.05, 0.1) is 6.10 Å². The third-order valence-electron chi connectivity index (χ3n) is 2.21. The number of aliphatic hydroxyl groups is 1. The molecule has 0 aromatic heterocycles. The summed E-state index contributed by atoms with van der Waals surface area (Å²) in [5.74, 6) is -0.138. The molecule has 0 aromatic carbocycles. The third-order valence-corrected chi connectivity index (χ3v) is 2.21. The topological polar surface area (TPSA) is 46.5 Å². The summed E-state index contributed by atoms with van der Waals surface area (Å²) in [5, 5.41) is 9.02. The second-order valence-corrected chi connectivity index (χ2v) is 3.72. The normalized spacial score (nSPS) is 14.6. The summed E-state index contributed by atoms with van der Waals surface area (Å²) in [6, 6.07) is 0. The Morgan fingerprint density at radius 3 is 2.36 bits per heavy atom. The number of hydrogen-bond donors (Lipinski definition) is 1. The predicted molar refractivity (Wildman–Crippen MR) is 55.9 cm³/mol. The van der Waals surface area contributed by atoms with Crippen LogP contribution in [0.1, 0.15) is 33.6 Å². The van der Waals surface area contributed by atoms with Gasteiger partial charge in [-0.05, 0) is 26.7 Å². The quantitative estimate of drug-likeness (QED) is 0.526. The Hall–Kier alpha value is -0.830. The molecule has 0 heterocycles. The van der Waals surface area contributed by atoms with Crippen LogP contribution in [0.25, 0.3) is 0 Å². The van der Waals surface area contributed by atoms with Crippen LogP contribution in [0.4, 0.5) is 0 Å². The number of rotatable bonds is 6. The second-order valence-electron chi connectivity index (χ2n) is 3.72. The molecule has 3 nitrogen and oxygen atoms in total. The van der Waals surface area contributed by atoms with Crippen molar-refractivity contribution in [2.75, 3.05) is 6.61 Å². The van der Waals surface area contributed by atoms with Gasteiger partial charge in [0.25, 0.3) is 0 Å². The molecule has 0 amide bonds. The van der Waals surface area contributed by atoms with E-state index in [9.17, 15) is 4.79 Å². The standard InChI is InChI=1S/C11H20O3/c1-8(2)11(7-12)6-5-9(3)14-10(4)13/h9,11-12H,1,5-7H2,2-4H3. The highest BCUT2D eigenvalue weighted by Crippen LogP contribution is 2.16. The van der Waals surface area contributed by atoms with Crippen molar-refractivity contribution in [1.29, 1.82) is 0 Å². The van der Waals surface area contributed by atoms with Gasteiger partial charge in [-0.25, -0.2) is 0 Å². The first-order valence-corrected chi connectivity index (χ1v) is 4.90. The molecule has 2 unspecified atom stereocenters. The largest absolute Gasteiger partial charge is 0.463 e. The fourth-order valence-electron chi connectivity index (χ4n) is 1.27. The molecule has 0 fully saturated rings. The minimum Gasteiger partial charge on any atom is -0.463 e. The second kappa shape index (κ2) is 6.60. The molecule has 82 valence electrons. The van der Waals surface area contributed by atoms with Crippen molar-refractivity contribution in [1.82, 2.24) is 0 Å². The van der Waals surface area contributed by atoms with Gasteiger partial charge in [-0.15, -0.1) is 0 Å². The zero-order valence-corrected chi connectivity index (χ0v) is 9.25. The van der Waals surface area contributed by atoms with Crippen molar-refractivity contribution >= 4 is 5.97 Å². The molecule has 0 aliphatic carbocycles. The van der Waals surface area contributed by atoms with Crippen molar-refractivity contribution < 1.29 is 14.6 Å². The van der Waals surface area contributed by atoms with E-state index >= 15 is 0 Å². The number of ether oxygens (including phenoxy) is 1. The van der Waals surface area contributed by atoms with Crippen molar-refractivity contribution in [3.05, 3.63) is 12.2 Å². The number of esters is 1. The molecular formula is C11H20O3. The molecule has 2 atom stereocenters. The molecule has 0 saturated heterocycles. The Bertz CT molecular complexity index is 199. The van der Waals surface area contributed by atoms with E-state index in [4.69, 9.17) is 9.84 Å². The van der Waals surface area contributed by atoms with Crippen LogP contribution >= 0.6 is 0 Å². The molecule has 0 saturated carbocycles. The lowest BCUT2D eigenvalue weighted by atomic mass is 9.96. The van der Waals surface area contributed by atoms with Crippen LogP contribution in [0.3, 0.4) is 0 Å². The molecule has 0 bridgehead atoms. The van der Waals surface area contributed by atoms with Crippen LogP contribution in [0.15, 0.2) is 12.2 Å². The Labute approximate surface area is 85.8 Å². The van der Waals surface area contributed by atoms with Gasteiger partial charge in [-0.3, -0.25) is 4.79 Å². The summed E-state index contributed by atoms with van der Waals surface area (Å²) in [7, 11) is 0. The van der Waals surface area contributed by atoms with E-state index in [2.05, 4.69) is 6.58 Å². The number of carbonyl (C=O) groups excluding carboxylic acids is 1. The van der Waals surface area contributed by atoms with E-state index in [1.54, 1.807) is 0 Å². The van der Waals surface area contributed by atoms with Crippen LogP contribution in [0, 0.1) is 5.92 Å². The summed E-state index contributed by atoms with van der Waals surface area (Å²) >= 11 is 0. The smallest absolute Gasteiger partial charge is 0.302 e. The van der Waals surface area contributed by atoms with E-state index in [1.165, 1.54) is 6.92 Å². The zero-order valence-electron chi connectivity index (χ0n) is 9.25. The molecule has 0 aliphatic heterocycles. The highest BCUT2D eigenvalue weighted by Gasteiger charge is 2.11. The van der Waals surface area contributed by atoms with E-state index in [-0.39, 0.29) is 24.6 Å². The maximum Gasteiger partial charge on any atom is 0.302 e. The Morgan fingerprint density at radius 2 is 2.00 bits per heavy atom. The molecule has 0 spiro atoms. The summed E-state index contributed by atoms with van der Waals surface area (Å²) in [5.41, 5.74) is 0.975. The van der Waals surface area contributed by atoms with Crippen molar-refractivity contribution in [2.24, 2.45) is 5.92 Å². The molecule has 3 heteroatoms. The maximum absolute atomic E-state index is 10.6. The van der Waals surface area contributed by atoms with Gasteiger partial charge < -0.3 is 9.84 Å².